The van der Waals surface area contributed by atoms with Gasteiger partial charge < -0.3 is 25.3 Å². The van der Waals surface area contributed by atoms with Gasteiger partial charge in [0, 0.05) is 84.2 Å². The van der Waals surface area contributed by atoms with Crippen molar-refractivity contribution in [2.24, 2.45) is 0 Å². The molecule has 4 rings (SSSR count). The summed E-state index contributed by atoms with van der Waals surface area (Å²) in [6, 6.07) is 13.3. The SMILES string of the molecule is CC(=O)NCc1cc(C(C)C)ccc1N1CCN(CN(C)C(=O)Cc2cc(C(C)C)ccc2N2CCNCC2)CC1. The van der Waals surface area contributed by atoms with Crippen LogP contribution in [0.15, 0.2) is 36.4 Å². The molecule has 2 N–H and O–H groups in total. The number of nitrogens with one attached hydrogen (secondary N) is 2. The normalized spacial score (nSPS) is 16.4. The van der Waals surface area contributed by atoms with Gasteiger partial charge in [-0.3, -0.25) is 14.5 Å². The van der Waals surface area contributed by atoms with Crippen molar-refractivity contribution in [2.45, 2.75) is 59.4 Å². The molecule has 2 aliphatic heterocycles. The second-order valence-electron chi connectivity index (χ2n) is 12.2. The van der Waals surface area contributed by atoms with E-state index >= 15 is 0 Å². The van der Waals surface area contributed by atoms with E-state index in [0.717, 1.165) is 63.5 Å². The molecule has 2 saturated heterocycles. The fourth-order valence-electron chi connectivity index (χ4n) is 5.76. The van der Waals surface area contributed by atoms with Gasteiger partial charge in [-0.2, -0.15) is 0 Å². The Kier molecular flexibility index (Phi) is 10.7. The minimum absolute atomic E-state index is 0.0144. The maximum Gasteiger partial charge on any atom is 0.227 e. The second kappa shape index (κ2) is 14.2. The molecule has 2 fully saturated rings. The van der Waals surface area contributed by atoms with Gasteiger partial charge in [0.2, 0.25) is 11.8 Å². The molecule has 0 radical (unpaired) electrons. The molecule has 0 atom stereocenters. The third-order valence-electron chi connectivity index (χ3n) is 8.42. The van der Waals surface area contributed by atoms with E-state index in [0.29, 0.717) is 31.5 Å². The van der Waals surface area contributed by atoms with Crippen molar-refractivity contribution >= 4 is 23.2 Å². The molecule has 0 aromatic heterocycles. The number of nitrogens with zero attached hydrogens (tertiary/aromatic N) is 4. The van der Waals surface area contributed by atoms with Crippen molar-refractivity contribution in [2.75, 3.05) is 75.9 Å². The van der Waals surface area contributed by atoms with Gasteiger partial charge in [-0.15, -0.1) is 0 Å². The summed E-state index contributed by atoms with van der Waals surface area (Å²) in [6.07, 6.45) is 0.422. The number of piperazine rings is 2. The summed E-state index contributed by atoms with van der Waals surface area (Å²) >= 11 is 0. The van der Waals surface area contributed by atoms with Gasteiger partial charge in [0.1, 0.15) is 0 Å². The summed E-state index contributed by atoms with van der Waals surface area (Å²) in [4.78, 5) is 34.2. The van der Waals surface area contributed by atoms with E-state index in [1.54, 1.807) is 6.92 Å². The molecule has 0 unspecified atom stereocenters. The lowest BCUT2D eigenvalue weighted by Gasteiger charge is -2.38. The zero-order valence-electron chi connectivity index (χ0n) is 26.0. The first kappa shape index (κ1) is 30.8. The molecule has 0 bridgehead atoms. The number of amides is 2. The molecule has 2 aliphatic rings. The topological polar surface area (TPSA) is 71.2 Å². The van der Waals surface area contributed by atoms with Crippen LogP contribution < -0.4 is 20.4 Å². The molecule has 2 heterocycles. The molecule has 41 heavy (non-hydrogen) atoms. The van der Waals surface area contributed by atoms with E-state index in [1.165, 1.54) is 22.5 Å². The largest absolute Gasteiger partial charge is 0.369 e. The monoisotopic (exact) mass is 562 g/mol. The van der Waals surface area contributed by atoms with Crippen molar-refractivity contribution in [3.05, 3.63) is 58.7 Å². The van der Waals surface area contributed by atoms with Crippen molar-refractivity contribution < 1.29 is 9.59 Å². The quantitative estimate of drug-likeness (QED) is 0.460. The summed E-state index contributed by atoms with van der Waals surface area (Å²) in [6.45, 7) is 19.0. The number of rotatable bonds is 10. The first-order valence-corrected chi connectivity index (χ1v) is 15.3. The molecule has 2 amide bonds. The Hall–Kier alpha value is -3.10. The summed E-state index contributed by atoms with van der Waals surface area (Å²) in [5, 5.41) is 6.41. The fourth-order valence-corrected chi connectivity index (χ4v) is 5.76. The third kappa shape index (κ3) is 8.23. The summed E-state index contributed by atoms with van der Waals surface area (Å²) in [7, 11) is 1.93. The van der Waals surface area contributed by atoms with Crippen LogP contribution in [0.4, 0.5) is 11.4 Å². The molecule has 2 aromatic carbocycles. The van der Waals surface area contributed by atoms with Crippen LogP contribution in [-0.4, -0.2) is 87.7 Å². The second-order valence-corrected chi connectivity index (χ2v) is 12.2. The zero-order valence-corrected chi connectivity index (χ0v) is 26.0. The smallest absolute Gasteiger partial charge is 0.227 e. The van der Waals surface area contributed by atoms with E-state index in [-0.39, 0.29) is 11.8 Å². The molecular formula is C33H50N6O2. The van der Waals surface area contributed by atoms with Gasteiger partial charge in [0.05, 0.1) is 13.1 Å². The minimum atomic E-state index is -0.0144. The van der Waals surface area contributed by atoms with Crippen molar-refractivity contribution in [1.82, 2.24) is 20.4 Å². The van der Waals surface area contributed by atoms with Gasteiger partial charge in [0.15, 0.2) is 0 Å². The lowest BCUT2D eigenvalue weighted by atomic mass is 9.97. The molecule has 224 valence electrons. The Morgan fingerprint density at radius 3 is 1.93 bits per heavy atom. The first-order chi connectivity index (χ1) is 19.6. The van der Waals surface area contributed by atoms with Crippen molar-refractivity contribution in [3.63, 3.8) is 0 Å². The standard InChI is InChI=1S/C33H50N6O2/c1-24(2)27-7-9-31(38-13-11-34-12-14-38)29(19-27)21-33(41)36(6)23-37-15-17-39(18-16-37)32-10-8-28(25(3)4)20-30(32)22-35-26(5)40/h7-10,19-20,24-25,34H,11-18,21-23H2,1-6H3,(H,35,40). The highest BCUT2D eigenvalue weighted by Crippen LogP contribution is 2.28. The van der Waals surface area contributed by atoms with Crippen LogP contribution in [0.25, 0.3) is 0 Å². The lowest BCUT2D eigenvalue weighted by molar-refractivity contribution is -0.131. The van der Waals surface area contributed by atoms with E-state index in [2.05, 4.69) is 89.4 Å². The zero-order chi connectivity index (χ0) is 29.5. The Morgan fingerprint density at radius 1 is 0.829 bits per heavy atom. The summed E-state index contributed by atoms with van der Waals surface area (Å²) in [5.41, 5.74) is 7.26. The maximum absolute atomic E-state index is 13.5. The lowest BCUT2D eigenvalue weighted by Crippen LogP contribution is -2.50. The first-order valence-electron chi connectivity index (χ1n) is 15.3. The van der Waals surface area contributed by atoms with Crippen LogP contribution in [0.3, 0.4) is 0 Å². The number of carbonyl (C=O) groups excluding carboxylic acids is 2. The Bertz CT molecular complexity index is 1180. The molecule has 8 nitrogen and oxygen atoms in total. The number of carbonyl (C=O) groups is 2. The maximum atomic E-state index is 13.5. The highest BCUT2D eigenvalue weighted by molar-refractivity contribution is 5.81. The number of hydrogen-bond donors (Lipinski definition) is 2. The van der Waals surface area contributed by atoms with Crippen LogP contribution >= 0.6 is 0 Å². The fraction of sp³-hybridized carbons (Fsp3) is 0.576. The van der Waals surface area contributed by atoms with Gasteiger partial charge in [-0.05, 0) is 46.2 Å². The van der Waals surface area contributed by atoms with Crippen molar-refractivity contribution in [1.29, 1.82) is 0 Å². The highest BCUT2D eigenvalue weighted by Gasteiger charge is 2.23. The molecule has 0 saturated carbocycles. The molecule has 0 spiro atoms. The van der Waals surface area contributed by atoms with E-state index in [4.69, 9.17) is 0 Å². The highest BCUT2D eigenvalue weighted by atomic mass is 16.2. The Morgan fingerprint density at radius 2 is 1.37 bits per heavy atom. The molecule has 2 aromatic rings. The predicted molar refractivity (Wildman–Crippen MR) is 169 cm³/mol. The van der Waals surface area contributed by atoms with Gasteiger partial charge in [0.25, 0.3) is 0 Å². The molecule has 0 aliphatic carbocycles. The predicted octanol–water partition coefficient (Wildman–Crippen LogP) is 3.76. The molecular weight excluding hydrogens is 512 g/mol. The number of benzene rings is 2. The average Bonchev–Trinajstić information content (AvgIpc) is 2.96. The van der Waals surface area contributed by atoms with Crippen LogP contribution in [0.2, 0.25) is 0 Å². The average molecular weight is 563 g/mol. The Balaban J connectivity index is 1.37. The van der Waals surface area contributed by atoms with E-state index in [9.17, 15) is 9.59 Å². The van der Waals surface area contributed by atoms with E-state index in [1.807, 2.05) is 11.9 Å². The van der Waals surface area contributed by atoms with Gasteiger partial charge in [-0.25, -0.2) is 0 Å². The number of likely N-dealkylation sites (N-methyl/N-ethyl adjacent to an activating group) is 1. The van der Waals surface area contributed by atoms with Crippen LogP contribution in [0.1, 0.15) is 68.7 Å². The third-order valence-corrected chi connectivity index (χ3v) is 8.42. The minimum Gasteiger partial charge on any atom is -0.369 e. The van der Waals surface area contributed by atoms with E-state index < -0.39 is 0 Å². The van der Waals surface area contributed by atoms with Crippen molar-refractivity contribution in [3.8, 4) is 0 Å². The summed E-state index contributed by atoms with van der Waals surface area (Å²) in [5.74, 6) is 1.01. The molecule has 8 heteroatoms. The van der Waals surface area contributed by atoms with Crippen LogP contribution in [0.5, 0.6) is 0 Å². The number of anilines is 2. The van der Waals surface area contributed by atoms with Gasteiger partial charge >= 0.3 is 0 Å². The Labute approximate surface area is 247 Å². The van der Waals surface area contributed by atoms with Crippen LogP contribution in [-0.2, 0) is 22.6 Å². The number of hydrogen-bond acceptors (Lipinski definition) is 6. The summed E-state index contributed by atoms with van der Waals surface area (Å²) < 4.78 is 0. The van der Waals surface area contributed by atoms with Crippen LogP contribution in [0, 0.1) is 0 Å². The van der Waals surface area contributed by atoms with Gasteiger partial charge in [-0.1, -0.05) is 52.0 Å².